The number of alkyl halides is 1. The van der Waals surface area contributed by atoms with Crippen LogP contribution in [-0.2, 0) is 11.3 Å². The maximum absolute atomic E-state index is 11.7. The quantitative estimate of drug-likeness (QED) is 0.511. The average Bonchev–Trinajstić information content (AvgIpc) is 3.00. The van der Waals surface area contributed by atoms with E-state index >= 15 is 0 Å². The highest BCUT2D eigenvalue weighted by molar-refractivity contribution is 6.29. The smallest absolute Gasteiger partial charge is 0.239 e. The second-order valence-electron chi connectivity index (χ2n) is 7.32. The van der Waals surface area contributed by atoms with E-state index in [1.807, 2.05) is 18.2 Å². The molecule has 1 amide bonds. The third kappa shape index (κ3) is 3.21. The van der Waals surface area contributed by atoms with Gasteiger partial charge in [0.05, 0.1) is 11.0 Å². The van der Waals surface area contributed by atoms with Crippen LogP contribution in [0.2, 0.25) is 0 Å². The number of halogens is 1. The predicted octanol–water partition coefficient (Wildman–Crippen LogP) is 4.39. The van der Waals surface area contributed by atoms with E-state index in [4.69, 9.17) is 16.6 Å². The number of nitrogens with one attached hydrogen (secondary N) is 1. The molecule has 2 aromatic carbocycles. The summed E-state index contributed by atoms with van der Waals surface area (Å²) in [4.78, 5) is 18.8. The molecule has 0 atom stereocenters. The SMILES string of the molecule is Cc1c2cc(NC(=O)CCl)ccc2nc2c1c1ccccc1n2CCN(C)C. The van der Waals surface area contributed by atoms with Crippen LogP contribution in [0.4, 0.5) is 5.69 Å². The van der Waals surface area contributed by atoms with Crippen LogP contribution in [0.15, 0.2) is 42.5 Å². The van der Waals surface area contributed by atoms with Crippen LogP contribution in [0, 0.1) is 6.92 Å². The van der Waals surface area contributed by atoms with E-state index in [-0.39, 0.29) is 11.8 Å². The molecular formula is C22H23ClN4O. The molecule has 2 aromatic heterocycles. The second-order valence-corrected chi connectivity index (χ2v) is 7.59. The molecule has 4 aromatic rings. The Bertz CT molecular complexity index is 1200. The molecule has 144 valence electrons. The predicted molar refractivity (Wildman–Crippen MR) is 117 cm³/mol. The van der Waals surface area contributed by atoms with Crippen molar-refractivity contribution in [2.45, 2.75) is 13.5 Å². The van der Waals surface area contributed by atoms with Gasteiger partial charge in [0.15, 0.2) is 0 Å². The number of likely N-dealkylation sites (N-methyl/N-ethyl adjacent to an activating group) is 1. The summed E-state index contributed by atoms with van der Waals surface area (Å²) in [5.74, 6) is -0.277. The van der Waals surface area contributed by atoms with Crippen molar-refractivity contribution in [2.24, 2.45) is 0 Å². The van der Waals surface area contributed by atoms with Crippen LogP contribution in [0.1, 0.15) is 5.56 Å². The summed E-state index contributed by atoms with van der Waals surface area (Å²) in [7, 11) is 4.16. The van der Waals surface area contributed by atoms with Gasteiger partial charge in [-0.1, -0.05) is 18.2 Å². The molecule has 0 aliphatic rings. The fourth-order valence-electron chi connectivity index (χ4n) is 3.76. The summed E-state index contributed by atoms with van der Waals surface area (Å²) in [5, 5.41) is 6.24. The lowest BCUT2D eigenvalue weighted by molar-refractivity contribution is -0.113. The molecule has 5 nitrogen and oxygen atoms in total. The number of nitrogens with zero attached hydrogens (tertiary/aromatic N) is 3. The molecule has 0 spiro atoms. The van der Waals surface area contributed by atoms with Gasteiger partial charge in [-0.05, 0) is 50.8 Å². The number of amides is 1. The normalized spacial score (nSPS) is 11.8. The first-order valence-corrected chi connectivity index (χ1v) is 9.85. The Kier molecular flexibility index (Phi) is 4.96. The van der Waals surface area contributed by atoms with Crippen molar-refractivity contribution < 1.29 is 4.79 Å². The number of pyridine rings is 1. The van der Waals surface area contributed by atoms with Crippen LogP contribution < -0.4 is 5.32 Å². The van der Waals surface area contributed by atoms with Crippen molar-refractivity contribution in [3.63, 3.8) is 0 Å². The number of anilines is 1. The van der Waals surface area contributed by atoms with E-state index in [2.05, 4.69) is 60.1 Å². The van der Waals surface area contributed by atoms with Crippen LogP contribution in [-0.4, -0.2) is 46.9 Å². The monoisotopic (exact) mass is 394 g/mol. The third-order valence-corrected chi connectivity index (χ3v) is 5.36. The lowest BCUT2D eigenvalue weighted by Gasteiger charge is -2.13. The number of benzene rings is 2. The van der Waals surface area contributed by atoms with Gasteiger partial charge >= 0.3 is 0 Å². The topological polar surface area (TPSA) is 50.2 Å². The van der Waals surface area contributed by atoms with Gasteiger partial charge in [-0.25, -0.2) is 4.98 Å². The molecular weight excluding hydrogens is 372 g/mol. The molecule has 0 bridgehead atoms. The Hall–Kier alpha value is -2.63. The van der Waals surface area contributed by atoms with Crippen LogP contribution in [0.5, 0.6) is 0 Å². The molecule has 0 fully saturated rings. The Morgan fingerprint density at radius 2 is 1.96 bits per heavy atom. The van der Waals surface area contributed by atoms with Crippen molar-refractivity contribution in [1.29, 1.82) is 0 Å². The lowest BCUT2D eigenvalue weighted by Crippen LogP contribution is -2.18. The molecule has 0 aliphatic heterocycles. The molecule has 6 heteroatoms. The van der Waals surface area contributed by atoms with Gasteiger partial charge in [0.25, 0.3) is 0 Å². The van der Waals surface area contributed by atoms with Gasteiger partial charge in [-0.2, -0.15) is 0 Å². The minimum absolute atomic E-state index is 0.0618. The minimum Gasteiger partial charge on any atom is -0.325 e. The molecule has 1 N–H and O–H groups in total. The highest BCUT2D eigenvalue weighted by Crippen LogP contribution is 2.34. The maximum Gasteiger partial charge on any atom is 0.239 e. The number of hydrogen-bond acceptors (Lipinski definition) is 3. The van der Waals surface area contributed by atoms with Gasteiger partial charge in [0.2, 0.25) is 5.91 Å². The summed E-state index contributed by atoms with van der Waals surface area (Å²) in [6.07, 6.45) is 0. The molecule has 0 unspecified atom stereocenters. The molecule has 0 saturated heterocycles. The molecule has 2 heterocycles. The second kappa shape index (κ2) is 7.41. The van der Waals surface area contributed by atoms with Crippen molar-refractivity contribution >= 4 is 56.0 Å². The van der Waals surface area contributed by atoms with E-state index in [9.17, 15) is 4.79 Å². The van der Waals surface area contributed by atoms with Gasteiger partial charge in [0.1, 0.15) is 11.5 Å². The zero-order chi connectivity index (χ0) is 19.8. The van der Waals surface area contributed by atoms with Crippen molar-refractivity contribution in [3.8, 4) is 0 Å². The van der Waals surface area contributed by atoms with Gasteiger partial charge in [0, 0.05) is 34.9 Å². The minimum atomic E-state index is -0.215. The number of carbonyl (C=O) groups is 1. The van der Waals surface area contributed by atoms with Gasteiger partial charge in [-0.15, -0.1) is 11.6 Å². The van der Waals surface area contributed by atoms with Gasteiger partial charge in [-0.3, -0.25) is 4.79 Å². The molecule has 4 rings (SSSR count). The Balaban J connectivity index is 1.97. The fourth-order valence-corrected chi connectivity index (χ4v) is 3.82. The number of hydrogen-bond donors (Lipinski definition) is 1. The summed E-state index contributed by atoms with van der Waals surface area (Å²) in [5.41, 5.74) is 5.02. The molecule has 0 aliphatic carbocycles. The summed E-state index contributed by atoms with van der Waals surface area (Å²) >= 11 is 5.62. The fraction of sp³-hybridized carbons (Fsp3) is 0.273. The van der Waals surface area contributed by atoms with E-state index in [1.165, 1.54) is 21.9 Å². The van der Waals surface area contributed by atoms with E-state index < -0.39 is 0 Å². The van der Waals surface area contributed by atoms with Crippen molar-refractivity contribution in [1.82, 2.24) is 14.5 Å². The van der Waals surface area contributed by atoms with E-state index in [0.717, 1.165) is 35.3 Å². The summed E-state index contributed by atoms with van der Waals surface area (Å²) in [6, 6.07) is 14.3. The first kappa shape index (κ1) is 18.7. The zero-order valence-corrected chi connectivity index (χ0v) is 17.0. The third-order valence-electron chi connectivity index (χ3n) is 5.12. The largest absolute Gasteiger partial charge is 0.325 e. The van der Waals surface area contributed by atoms with Gasteiger partial charge < -0.3 is 14.8 Å². The zero-order valence-electron chi connectivity index (χ0n) is 16.3. The highest BCUT2D eigenvalue weighted by atomic mass is 35.5. The average molecular weight is 395 g/mol. The highest BCUT2D eigenvalue weighted by Gasteiger charge is 2.16. The van der Waals surface area contributed by atoms with Crippen LogP contribution >= 0.6 is 11.6 Å². The number of rotatable bonds is 5. The Labute approximate surface area is 168 Å². The standard InChI is InChI=1S/C22H23ClN4O/c1-14-17-12-15(24-20(28)13-23)8-9-18(17)25-22-21(14)16-6-4-5-7-19(16)27(22)11-10-26(2)3/h4-9,12H,10-11,13H2,1-3H3,(H,24,28). The molecule has 0 radical (unpaired) electrons. The number of carbonyl (C=O) groups excluding carboxylic acids is 1. The number of para-hydroxylation sites is 1. The maximum atomic E-state index is 11.7. The van der Waals surface area contributed by atoms with E-state index in [0.29, 0.717) is 0 Å². The van der Waals surface area contributed by atoms with Crippen molar-refractivity contribution in [2.75, 3.05) is 31.8 Å². The summed E-state index contributed by atoms with van der Waals surface area (Å²) < 4.78 is 2.31. The van der Waals surface area contributed by atoms with Crippen molar-refractivity contribution in [3.05, 3.63) is 48.0 Å². The number of fused-ring (bicyclic) bond motifs is 4. The molecule has 28 heavy (non-hydrogen) atoms. The van der Waals surface area contributed by atoms with Crippen LogP contribution in [0.3, 0.4) is 0 Å². The Morgan fingerprint density at radius 1 is 1.18 bits per heavy atom. The number of aromatic nitrogens is 2. The van der Waals surface area contributed by atoms with E-state index in [1.54, 1.807) is 0 Å². The first-order chi connectivity index (χ1) is 13.5. The lowest BCUT2D eigenvalue weighted by atomic mass is 10.0. The molecule has 0 saturated carbocycles. The van der Waals surface area contributed by atoms with Crippen LogP contribution in [0.25, 0.3) is 32.8 Å². The number of aryl methyl sites for hydroxylation is 1. The summed E-state index contributed by atoms with van der Waals surface area (Å²) in [6.45, 7) is 3.94. The Morgan fingerprint density at radius 3 is 2.71 bits per heavy atom. The first-order valence-electron chi connectivity index (χ1n) is 9.31.